The Labute approximate surface area is 123 Å². The molecule has 1 aromatic carbocycles. The molecule has 2 fully saturated rings. The van der Waals surface area contributed by atoms with E-state index in [1.54, 1.807) is 18.2 Å². The highest BCUT2D eigenvalue weighted by Gasteiger charge is 2.36. The Morgan fingerprint density at radius 2 is 2.10 bits per heavy atom. The predicted molar refractivity (Wildman–Crippen MR) is 78.2 cm³/mol. The molecule has 1 aromatic rings. The number of nitro benzene ring substituents is 1. The number of hydrogen-bond donors (Lipinski definition) is 1. The van der Waals surface area contributed by atoms with Gasteiger partial charge < -0.3 is 10.2 Å². The lowest BCUT2D eigenvalue weighted by Gasteiger charge is -2.25. The molecular formula is C15H19N3O3. The SMILES string of the molecule is O=C(c1ccccc1[N+](=O)[O-])N(CC1CCCN1)C1CC1. The van der Waals surface area contributed by atoms with Gasteiger partial charge in [-0.05, 0) is 38.3 Å². The quantitative estimate of drug-likeness (QED) is 0.664. The second kappa shape index (κ2) is 5.81. The third-order valence-corrected chi connectivity index (χ3v) is 4.16. The van der Waals surface area contributed by atoms with Gasteiger partial charge in [-0.3, -0.25) is 14.9 Å². The molecule has 1 saturated carbocycles. The number of nitrogens with one attached hydrogen (secondary N) is 1. The second-order valence-electron chi connectivity index (χ2n) is 5.76. The topological polar surface area (TPSA) is 75.5 Å². The van der Waals surface area contributed by atoms with E-state index >= 15 is 0 Å². The molecule has 1 atom stereocenters. The lowest BCUT2D eigenvalue weighted by atomic mass is 10.1. The van der Waals surface area contributed by atoms with Crippen LogP contribution in [0.25, 0.3) is 0 Å². The first-order valence-electron chi connectivity index (χ1n) is 7.44. The van der Waals surface area contributed by atoms with Gasteiger partial charge in [0.25, 0.3) is 11.6 Å². The zero-order valence-electron chi connectivity index (χ0n) is 11.8. The van der Waals surface area contributed by atoms with Gasteiger partial charge in [-0.1, -0.05) is 12.1 Å². The molecule has 1 saturated heterocycles. The maximum atomic E-state index is 12.7. The molecule has 3 rings (SSSR count). The number of hydrogen-bond acceptors (Lipinski definition) is 4. The van der Waals surface area contributed by atoms with Crippen molar-refractivity contribution in [1.29, 1.82) is 0 Å². The molecule has 0 radical (unpaired) electrons. The highest BCUT2D eigenvalue weighted by molar-refractivity contribution is 5.98. The van der Waals surface area contributed by atoms with Gasteiger partial charge in [0.2, 0.25) is 0 Å². The van der Waals surface area contributed by atoms with Crippen molar-refractivity contribution in [2.24, 2.45) is 0 Å². The van der Waals surface area contributed by atoms with Gasteiger partial charge in [0.15, 0.2) is 0 Å². The normalized spacial score (nSPS) is 21.2. The Bertz CT molecular complexity index is 551. The predicted octanol–water partition coefficient (Wildman–Crippen LogP) is 1.95. The number of para-hydroxylation sites is 1. The third kappa shape index (κ3) is 3.05. The van der Waals surface area contributed by atoms with Gasteiger partial charge in [0, 0.05) is 24.7 Å². The molecule has 1 N–H and O–H groups in total. The molecule has 112 valence electrons. The zero-order valence-corrected chi connectivity index (χ0v) is 11.8. The number of benzene rings is 1. The van der Waals surface area contributed by atoms with Gasteiger partial charge >= 0.3 is 0 Å². The smallest absolute Gasteiger partial charge is 0.282 e. The summed E-state index contributed by atoms with van der Waals surface area (Å²) >= 11 is 0. The van der Waals surface area contributed by atoms with Crippen LogP contribution in [-0.4, -0.2) is 40.9 Å². The third-order valence-electron chi connectivity index (χ3n) is 4.16. The van der Waals surface area contributed by atoms with Crippen molar-refractivity contribution >= 4 is 11.6 Å². The Hall–Kier alpha value is -1.95. The van der Waals surface area contributed by atoms with Gasteiger partial charge in [-0.2, -0.15) is 0 Å². The second-order valence-corrected chi connectivity index (χ2v) is 5.76. The Balaban J connectivity index is 1.82. The zero-order chi connectivity index (χ0) is 14.8. The summed E-state index contributed by atoms with van der Waals surface area (Å²) in [6, 6.07) is 6.79. The lowest BCUT2D eigenvalue weighted by molar-refractivity contribution is -0.385. The fraction of sp³-hybridized carbons (Fsp3) is 0.533. The average molecular weight is 289 g/mol. The lowest BCUT2D eigenvalue weighted by Crippen LogP contribution is -2.42. The first-order valence-corrected chi connectivity index (χ1v) is 7.44. The maximum absolute atomic E-state index is 12.7. The van der Waals surface area contributed by atoms with E-state index in [0.29, 0.717) is 12.6 Å². The molecule has 6 heteroatoms. The molecule has 0 bridgehead atoms. The summed E-state index contributed by atoms with van der Waals surface area (Å²) < 4.78 is 0. The van der Waals surface area contributed by atoms with Crippen LogP contribution in [-0.2, 0) is 0 Å². The Kier molecular flexibility index (Phi) is 3.88. The number of rotatable bonds is 5. The summed E-state index contributed by atoms with van der Waals surface area (Å²) in [4.78, 5) is 25.2. The van der Waals surface area contributed by atoms with E-state index in [4.69, 9.17) is 0 Å². The van der Waals surface area contributed by atoms with Crippen molar-refractivity contribution < 1.29 is 9.72 Å². The molecule has 0 spiro atoms. The molecule has 2 aliphatic rings. The minimum Gasteiger partial charge on any atom is -0.334 e. The van der Waals surface area contributed by atoms with E-state index in [2.05, 4.69) is 5.32 Å². The number of amides is 1. The molecule has 1 amide bonds. The molecule has 1 unspecified atom stereocenters. The van der Waals surface area contributed by atoms with Crippen molar-refractivity contribution in [2.45, 2.75) is 37.8 Å². The van der Waals surface area contributed by atoms with Crippen LogP contribution >= 0.6 is 0 Å². The number of carbonyl (C=O) groups is 1. The van der Waals surface area contributed by atoms with Crippen LogP contribution in [0.5, 0.6) is 0 Å². The Morgan fingerprint density at radius 3 is 2.71 bits per heavy atom. The molecule has 0 aromatic heterocycles. The summed E-state index contributed by atoms with van der Waals surface area (Å²) in [5.41, 5.74) is 0.0972. The standard InChI is InChI=1S/C15H19N3O3/c19-15(13-5-1-2-6-14(13)18(20)21)17(12-7-8-12)10-11-4-3-9-16-11/h1-2,5-6,11-12,16H,3-4,7-10H2. The van der Waals surface area contributed by atoms with Gasteiger partial charge in [0.05, 0.1) is 4.92 Å². The highest BCUT2D eigenvalue weighted by atomic mass is 16.6. The number of carbonyl (C=O) groups excluding carboxylic acids is 1. The summed E-state index contributed by atoms with van der Waals surface area (Å²) in [5, 5.41) is 14.5. The average Bonchev–Trinajstić information content (AvgIpc) is 3.20. The molecule has 1 aliphatic heterocycles. The van der Waals surface area contributed by atoms with Crippen LogP contribution in [0.15, 0.2) is 24.3 Å². The molecule has 1 aliphatic carbocycles. The van der Waals surface area contributed by atoms with Crippen LogP contribution in [0.4, 0.5) is 5.69 Å². The van der Waals surface area contributed by atoms with E-state index in [1.807, 2.05) is 4.90 Å². The summed E-state index contributed by atoms with van der Waals surface area (Å²) in [5.74, 6) is -0.210. The van der Waals surface area contributed by atoms with Crippen LogP contribution in [0, 0.1) is 10.1 Å². The highest BCUT2D eigenvalue weighted by Crippen LogP contribution is 2.31. The van der Waals surface area contributed by atoms with E-state index in [1.165, 1.54) is 6.07 Å². The number of nitro groups is 1. The Morgan fingerprint density at radius 1 is 1.33 bits per heavy atom. The van der Waals surface area contributed by atoms with Gasteiger partial charge in [0.1, 0.15) is 5.56 Å². The van der Waals surface area contributed by atoms with Gasteiger partial charge in [-0.15, -0.1) is 0 Å². The monoisotopic (exact) mass is 289 g/mol. The minimum absolute atomic E-state index is 0.104. The summed E-state index contributed by atoms with van der Waals surface area (Å²) in [6.07, 6.45) is 4.19. The van der Waals surface area contributed by atoms with Crippen LogP contribution in [0.2, 0.25) is 0 Å². The van der Waals surface area contributed by atoms with Crippen molar-refractivity contribution in [1.82, 2.24) is 10.2 Å². The van der Waals surface area contributed by atoms with Crippen molar-refractivity contribution in [3.63, 3.8) is 0 Å². The molecule has 1 heterocycles. The molecular weight excluding hydrogens is 270 g/mol. The van der Waals surface area contributed by atoms with Crippen molar-refractivity contribution in [3.8, 4) is 0 Å². The largest absolute Gasteiger partial charge is 0.334 e. The van der Waals surface area contributed by atoms with Crippen molar-refractivity contribution in [2.75, 3.05) is 13.1 Å². The fourth-order valence-corrected chi connectivity index (χ4v) is 2.90. The maximum Gasteiger partial charge on any atom is 0.282 e. The van der Waals surface area contributed by atoms with E-state index < -0.39 is 4.92 Å². The van der Waals surface area contributed by atoms with Crippen molar-refractivity contribution in [3.05, 3.63) is 39.9 Å². The van der Waals surface area contributed by atoms with Crippen LogP contribution in [0.3, 0.4) is 0 Å². The summed E-state index contributed by atoms with van der Waals surface area (Å²) in [6.45, 7) is 1.64. The molecule has 6 nitrogen and oxygen atoms in total. The first kappa shape index (κ1) is 14.0. The van der Waals surface area contributed by atoms with Gasteiger partial charge in [-0.25, -0.2) is 0 Å². The van der Waals surface area contributed by atoms with E-state index in [0.717, 1.165) is 32.2 Å². The van der Waals surface area contributed by atoms with E-state index in [9.17, 15) is 14.9 Å². The summed E-state index contributed by atoms with van der Waals surface area (Å²) in [7, 11) is 0. The fourth-order valence-electron chi connectivity index (χ4n) is 2.90. The first-order chi connectivity index (χ1) is 10.2. The minimum atomic E-state index is -0.480. The number of nitrogens with zero attached hydrogens (tertiary/aromatic N) is 2. The van der Waals surface area contributed by atoms with Crippen LogP contribution < -0.4 is 5.32 Å². The van der Waals surface area contributed by atoms with Crippen LogP contribution in [0.1, 0.15) is 36.0 Å². The van der Waals surface area contributed by atoms with E-state index in [-0.39, 0.29) is 23.2 Å². The molecule has 21 heavy (non-hydrogen) atoms.